The van der Waals surface area contributed by atoms with Gasteiger partial charge in [0.25, 0.3) is 0 Å². The highest BCUT2D eigenvalue weighted by Crippen LogP contribution is 2.24. The van der Waals surface area contributed by atoms with Crippen molar-refractivity contribution in [1.82, 2.24) is 19.9 Å². The zero-order valence-corrected chi connectivity index (χ0v) is 19.7. The summed E-state index contributed by atoms with van der Waals surface area (Å²) in [7, 11) is 0. The van der Waals surface area contributed by atoms with Gasteiger partial charge in [0.1, 0.15) is 23.7 Å². The van der Waals surface area contributed by atoms with Crippen molar-refractivity contribution in [2.45, 2.75) is 26.2 Å². The predicted octanol–water partition coefficient (Wildman–Crippen LogP) is 4.20. The Bertz CT molecular complexity index is 1100. The summed E-state index contributed by atoms with van der Waals surface area (Å²) >= 11 is 0. The first-order chi connectivity index (χ1) is 16.9. The molecule has 9 nitrogen and oxygen atoms in total. The summed E-state index contributed by atoms with van der Waals surface area (Å²) in [4.78, 5) is 23.2. The van der Waals surface area contributed by atoms with Gasteiger partial charge in [0.2, 0.25) is 18.2 Å². The molecule has 10 heteroatoms. The number of benzene rings is 1. The van der Waals surface area contributed by atoms with E-state index in [1.807, 2.05) is 17.9 Å². The molecule has 3 aromatic rings. The number of nitrogen functional groups attached to an aromatic ring is 2. The van der Waals surface area contributed by atoms with Crippen LogP contribution < -0.4 is 16.2 Å². The highest BCUT2D eigenvalue weighted by Gasteiger charge is 2.19. The molecule has 0 bridgehead atoms. The number of para-hydroxylation sites is 1. The number of aromatic nitrogens is 3. The smallest absolute Gasteiger partial charge is 0.225 e. The molecule has 1 aliphatic rings. The summed E-state index contributed by atoms with van der Waals surface area (Å²) in [6.45, 7) is 7.20. The summed E-state index contributed by atoms with van der Waals surface area (Å²) in [5.74, 6) is -0.290. The number of ether oxygens (including phenoxy) is 1. The van der Waals surface area contributed by atoms with Crippen molar-refractivity contribution < 1.29 is 13.9 Å². The number of halogens is 1. The summed E-state index contributed by atoms with van der Waals surface area (Å²) in [6.07, 6.45) is 7.55. The number of anilines is 2. The van der Waals surface area contributed by atoms with Gasteiger partial charge in [0.05, 0.1) is 16.8 Å². The van der Waals surface area contributed by atoms with Crippen molar-refractivity contribution in [2.24, 2.45) is 0 Å². The van der Waals surface area contributed by atoms with Crippen LogP contribution in [0.1, 0.15) is 37.3 Å². The fraction of sp³-hybridized carbons (Fsp3) is 0.240. The van der Waals surface area contributed by atoms with Gasteiger partial charge in [-0.25, -0.2) is 9.97 Å². The first-order valence-electron chi connectivity index (χ1n) is 11.0. The topological polar surface area (TPSA) is 144 Å². The van der Waals surface area contributed by atoms with Gasteiger partial charge in [0, 0.05) is 19.2 Å². The second-order valence-corrected chi connectivity index (χ2v) is 7.41. The van der Waals surface area contributed by atoms with E-state index in [-0.39, 0.29) is 34.4 Å². The third kappa shape index (κ3) is 8.18. The van der Waals surface area contributed by atoms with Crippen molar-refractivity contribution in [3.8, 4) is 11.6 Å². The first-order valence-corrected chi connectivity index (χ1v) is 11.0. The Hall–Kier alpha value is -4.34. The number of piperidine rings is 1. The van der Waals surface area contributed by atoms with Gasteiger partial charge in [-0.15, -0.1) is 6.58 Å². The van der Waals surface area contributed by atoms with Gasteiger partial charge in [-0.2, -0.15) is 9.37 Å². The molecule has 35 heavy (non-hydrogen) atoms. The molecule has 0 radical (unpaired) electrons. The van der Waals surface area contributed by atoms with Crippen LogP contribution in [0.5, 0.6) is 11.6 Å². The van der Waals surface area contributed by atoms with E-state index in [0.717, 1.165) is 19.5 Å². The lowest BCUT2D eigenvalue weighted by molar-refractivity contribution is -0.118. The Kier molecular flexibility index (Phi) is 10.8. The average molecular weight is 480 g/mol. The number of hydrogen-bond acceptors (Lipinski definition) is 8. The summed E-state index contributed by atoms with van der Waals surface area (Å²) in [5.41, 5.74) is 11.1. The highest BCUT2D eigenvalue weighted by molar-refractivity contribution is 6.15. The fourth-order valence-electron chi connectivity index (χ4n) is 3.10. The van der Waals surface area contributed by atoms with Crippen LogP contribution in [-0.2, 0) is 4.79 Å². The van der Waals surface area contributed by atoms with Crippen LogP contribution in [0.25, 0.3) is 0 Å². The lowest BCUT2D eigenvalue weighted by Crippen LogP contribution is -2.27. The highest BCUT2D eigenvalue weighted by atomic mass is 19.1. The summed E-state index contributed by atoms with van der Waals surface area (Å²) in [6, 6.07) is 11.7. The zero-order valence-electron chi connectivity index (χ0n) is 19.7. The van der Waals surface area contributed by atoms with Gasteiger partial charge in [-0.1, -0.05) is 24.3 Å². The normalized spacial score (nSPS) is 12.2. The molecule has 1 saturated heterocycles. The molecule has 0 atom stereocenters. The maximum atomic E-state index is 14.3. The number of nitrogens with zero attached hydrogens (tertiary/aromatic N) is 4. The van der Waals surface area contributed by atoms with Crippen LogP contribution >= 0.6 is 0 Å². The SMILES string of the molecule is C=CC.N=C(c1ccc(Oc2ccccc2)nc1F)c1c(N)ncnc1N.O=CN1CCCCC1. The Morgan fingerprint density at radius 2 is 1.69 bits per heavy atom. The van der Waals surface area contributed by atoms with Crippen molar-refractivity contribution >= 4 is 23.8 Å². The first kappa shape index (κ1) is 26.9. The molecule has 1 amide bonds. The van der Waals surface area contributed by atoms with Gasteiger partial charge in [-0.3, -0.25) is 10.2 Å². The van der Waals surface area contributed by atoms with Crippen LogP contribution in [0.2, 0.25) is 0 Å². The van der Waals surface area contributed by atoms with Crippen LogP contribution in [-0.4, -0.2) is 45.1 Å². The quantitative estimate of drug-likeness (QED) is 0.215. The summed E-state index contributed by atoms with van der Waals surface area (Å²) in [5, 5.41) is 8.12. The van der Waals surface area contributed by atoms with Crippen molar-refractivity contribution in [2.75, 3.05) is 24.6 Å². The fourth-order valence-corrected chi connectivity index (χ4v) is 3.10. The second-order valence-electron chi connectivity index (χ2n) is 7.41. The van der Waals surface area contributed by atoms with E-state index in [1.165, 1.54) is 37.7 Å². The minimum absolute atomic E-state index is 0.00323. The van der Waals surface area contributed by atoms with E-state index in [9.17, 15) is 9.18 Å². The van der Waals surface area contributed by atoms with Gasteiger partial charge in [0.15, 0.2) is 0 Å². The zero-order chi connectivity index (χ0) is 25.6. The molecule has 1 aliphatic heterocycles. The molecular formula is C25H30FN7O2. The number of likely N-dealkylation sites (tertiary alicyclic amines) is 1. The average Bonchev–Trinajstić information content (AvgIpc) is 2.86. The predicted molar refractivity (Wildman–Crippen MR) is 135 cm³/mol. The van der Waals surface area contributed by atoms with E-state index in [1.54, 1.807) is 30.3 Å². The molecule has 0 unspecified atom stereocenters. The maximum absolute atomic E-state index is 14.3. The monoisotopic (exact) mass is 479 g/mol. The molecule has 4 rings (SSSR count). The molecule has 1 fully saturated rings. The number of nitrogens with one attached hydrogen (secondary N) is 1. The number of nitrogens with two attached hydrogens (primary N) is 2. The Balaban J connectivity index is 0.000000327. The Morgan fingerprint density at radius 3 is 2.20 bits per heavy atom. The van der Waals surface area contributed by atoms with Crippen molar-refractivity contribution in [1.29, 1.82) is 5.41 Å². The number of carbonyl (C=O) groups excluding carboxylic acids is 1. The van der Waals surface area contributed by atoms with Crippen LogP contribution in [0.15, 0.2) is 61.4 Å². The van der Waals surface area contributed by atoms with E-state index < -0.39 is 5.95 Å². The molecule has 184 valence electrons. The number of pyridine rings is 1. The molecule has 0 saturated carbocycles. The molecule has 1 aromatic carbocycles. The minimum Gasteiger partial charge on any atom is -0.439 e. The van der Waals surface area contributed by atoms with Crippen LogP contribution in [0, 0.1) is 11.4 Å². The number of hydrogen-bond donors (Lipinski definition) is 3. The van der Waals surface area contributed by atoms with Crippen LogP contribution in [0.4, 0.5) is 16.0 Å². The van der Waals surface area contributed by atoms with E-state index in [2.05, 4.69) is 21.5 Å². The van der Waals surface area contributed by atoms with Gasteiger partial charge < -0.3 is 21.1 Å². The number of allylic oxidation sites excluding steroid dienone is 1. The van der Waals surface area contributed by atoms with Crippen molar-refractivity contribution in [3.05, 3.63) is 78.5 Å². The van der Waals surface area contributed by atoms with Crippen LogP contribution in [0.3, 0.4) is 0 Å². The lowest BCUT2D eigenvalue weighted by Gasteiger charge is -2.21. The Morgan fingerprint density at radius 1 is 1.09 bits per heavy atom. The number of rotatable bonds is 5. The molecule has 0 spiro atoms. The lowest BCUT2D eigenvalue weighted by atomic mass is 10.0. The Labute approximate surface area is 204 Å². The minimum atomic E-state index is -0.879. The third-order valence-electron chi connectivity index (χ3n) is 4.75. The molecule has 2 aromatic heterocycles. The molecule has 0 aliphatic carbocycles. The van der Waals surface area contributed by atoms with E-state index in [4.69, 9.17) is 21.6 Å². The number of amides is 1. The maximum Gasteiger partial charge on any atom is 0.225 e. The molecule has 3 heterocycles. The second kappa shape index (κ2) is 14.0. The standard InChI is InChI=1S/C16H13FN6O.C6H11NO.C3H6/c17-14-10(13(18)12-15(19)21-8-22-16(12)20)6-7-11(23-14)24-9-4-2-1-3-5-9;8-6-7-4-2-1-3-5-7;1-3-2/h1-8,18H,(H4,19,20,21,22);6H,1-5H2;3H,1H2,2H3. The third-order valence-corrected chi connectivity index (χ3v) is 4.75. The molecular weight excluding hydrogens is 449 g/mol. The van der Waals surface area contributed by atoms with Crippen molar-refractivity contribution in [3.63, 3.8) is 0 Å². The molecule has 5 N–H and O–H groups in total. The van der Waals surface area contributed by atoms with Gasteiger partial charge >= 0.3 is 0 Å². The van der Waals surface area contributed by atoms with E-state index >= 15 is 0 Å². The largest absolute Gasteiger partial charge is 0.439 e. The van der Waals surface area contributed by atoms with Gasteiger partial charge in [-0.05, 0) is 44.4 Å². The van der Waals surface area contributed by atoms with E-state index in [0.29, 0.717) is 5.75 Å². The summed E-state index contributed by atoms with van der Waals surface area (Å²) < 4.78 is 19.7. The number of carbonyl (C=O) groups is 1.